The van der Waals surface area contributed by atoms with Gasteiger partial charge in [-0.2, -0.15) is 0 Å². The number of fused-ring (bicyclic) bond motifs is 1. The van der Waals surface area contributed by atoms with Gasteiger partial charge in [-0.25, -0.2) is 0 Å². The molecule has 0 aromatic carbocycles. The van der Waals surface area contributed by atoms with E-state index >= 15 is 0 Å². The first-order chi connectivity index (χ1) is 5.53. The summed E-state index contributed by atoms with van der Waals surface area (Å²) in [6.07, 6.45) is 2.50. The summed E-state index contributed by atoms with van der Waals surface area (Å²) in [7, 11) is 0. The second-order valence-corrected chi connectivity index (χ2v) is 4.61. The van der Waals surface area contributed by atoms with E-state index in [1.54, 1.807) is 6.92 Å². The fraction of sp³-hybridized carbons (Fsp3) is 0.800. The van der Waals surface area contributed by atoms with Crippen LogP contribution in [0.25, 0.3) is 0 Å². The molecule has 0 aromatic heterocycles. The largest absolute Gasteiger partial charge is 0.300 e. The molecule has 0 amide bonds. The average molecular weight is 166 g/mol. The summed E-state index contributed by atoms with van der Waals surface area (Å²) in [4.78, 5) is 22.6. The van der Waals surface area contributed by atoms with Crippen LogP contribution >= 0.6 is 0 Å². The molecule has 2 aliphatic carbocycles. The zero-order chi connectivity index (χ0) is 8.93. The molecule has 0 bridgehead atoms. The molecule has 2 heteroatoms. The van der Waals surface area contributed by atoms with Gasteiger partial charge in [0.1, 0.15) is 11.6 Å². The quantitative estimate of drug-likeness (QED) is 0.624. The standard InChI is InChI=1S/C10H14O2/c1-6(11)4-10(2)5-7-3-8(7)9(10)12/h7-8H,3-5H2,1-2H3/t7-,8-,10+/m0/s1. The van der Waals surface area contributed by atoms with Crippen molar-refractivity contribution >= 4 is 11.6 Å². The molecule has 0 heterocycles. The van der Waals surface area contributed by atoms with Crippen molar-refractivity contribution < 1.29 is 9.59 Å². The van der Waals surface area contributed by atoms with E-state index in [9.17, 15) is 9.59 Å². The van der Waals surface area contributed by atoms with Crippen LogP contribution in [0.2, 0.25) is 0 Å². The van der Waals surface area contributed by atoms with Gasteiger partial charge in [0.15, 0.2) is 0 Å². The van der Waals surface area contributed by atoms with Gasteiger partial charge in [-0.3, -0.25) is 9.59 Å². The highest BCUT2D eigenvalue weighted by atomic mass is 16.1. The van der Waals surface area contributed by atoms with Gasteiger partial charge < -0.3 is 0 Å². The van der Waals surface area contributed by atoms with Crippen molar-refractivity contribution in [2.75, 3.05) is 0 Å². The molecule has 2 aliphatic rings. The monoisotopic (exact) mass is 166 g/mol. The molecule has 2 rings (SSSR count). The Labute approximate surface area is 72.3 Å². The number of carbonyl (C=O) groups excluding carboxylic acids is 2. The topological polar surface area (TPSA) is 34.1 Å². The van der Waals surface area contributed by atoms with Crippen molar-refractivity contribution in [3.8, 4) is 0 Å². The third-order valence-corrected chi connectivity index (χ3v) is 3.21. The molecule has 66 valence electrons. The van der Waals surface area contributed by atoms with Crippen molar-refractivity contribution in [1.29, 1.82) is 0 Å². The Morgan fingerprint density at radius 3 is 2.75 bits per heavy atom. The summed E-state index contributed by atoms with van der Waals surface area (Å²) < 4.78 is 0. The molecular weight excluding hydrogens is 152 g/mol. The van der Waals surface area contributed by atoms with Crippen LogP contribution in [0.3, 0.4) is 0 Å². The Bertz CT molecular complexity index is 257. The van der Waals surface area contributed by atoms with Gasteiger partial charge in [-0.15, -0.1) is 0 Å². The van der Waals surface area contributed by atoms with Gasteiger partial charge in [0.2, 0.25) is 0 Å². The smallest absolute Gasteiger partial charge is 0.142 e. The van der Waals surface area contributed by atoms with Crippen molar-refractivity contribution in [2.45, 2.75) is 33.1 Å². The lowest BCUT2D eigenvalue weighted by atomic mass is 9.80. The van der Waals surface area contributed by atoms with Crippen molar-refractivity contribution in [1.82, 2.24) is 0 Å². The molecule has 0 N–H and O–H groups in total. The maximum absolute atomic E-state index is 11.7. The number of carbonyl (C=O) groups is 2. The van der Waals surface area contributed by atoms with Crippen LogP contribution in [0, 0.1) is 17.3 Å². The number of rotatable bonds is 2. The first-order valence-electron chi connectivity index (χ1n) is 4.57. The van der Waals surface area contributed by atoms with Crippen LogP contribution in [-0.4, -0.2) is 11.6 Å². The highest BCUT2D eigenvalue weighted by molar-refractivity contribution is 5.95. The van der Waals surface area contributed by atoms with E-state index in [-0.39, 0.29) is 11.2 Å². The minimum Gasteiger partial charge on any atom is -0.300 e. The van der Waals surface area contributed by atoms with Crippen LogP contribution in [0.5, 0.6) is 0 Å². The lowest BCUT2D eigenvalue weighted by molar-refractivity contribution is -0.131. The normalized spacial score (nSPS) is 44.3. The fourth-order valence-electron chi connectivity index (χ4n) is 2.63. The van der Waals surface area contributed by atoms with Crippen molar-refractivity contribution in [2.24, 2.45) is 17.3 Å². The number of ketones is 2. The zero-order valence-corrected chi connectivity index (χ0v) is 7.59. The van der Waals surface area contributed by atoms with Gasteiger partial charge in [0.05, 0.1) is 0 Å². The van der Waals surface area contributed by atoms with Crippen molar-refractivity contribution in [3.63, 3.8) is 0 Å². The minimum absolute atomic E-state index is 0.146. The summed E-state index contributed by atoms with van der Waals surface area (Å²) >= 11 is 0. The van der Waals surface area contributed by atoms with Crippen LogP contribution in [0.15, 0.2) is 0 Å². The van der Waals surface area contributed by atoms with Crippen LogP contribution < -0.4 is 0 Å². The molecule has 0 radical (unpaired) electrons. The summed E-state index contributed by atoms with van der Waals surface area (Å²) in [5, 5.41) is 0. The summed E-state index contributed by atoms with van der Waals surface area (Å²) in [5.41, 5.74) is -0.292. The van der Waals surface area contributed by atoms with E-state index in [2.05, 4.69) is 0 Å². The molecule has 0 saturated heterocycles. The molecule has 0 spiro atoms. The Kier molecular flexibility index (Phi) is 1.45. The SMILES string of the molecule is CC(=O)C[C@]1(C)C[C@@H]2C[C@@H]2C1=O. The maximum Gasteiger partial charge on any atom is 0.142 e. The van der Waals surface area contributed by atoms with E-state index in [4.69, 9.17) is 0 Å². The van der Waals surface area contributed by atoms with Crippen molar-refractivity contribution in [3.05, 3.63) is 0 Å². The van der Waals surface area contributed by atoms with E-state index in [1.165, 1.54) is 0 Å². The number of hydrogen-bond acceptors (Lipinski definition) is 2. The lowest BCUT2D eigenvalue weighted by Gasteiger charge is -2.22. The Morgan fingerprint density at radius 1 is 1.67 bits per heavy atom. The fourth-order valence-corrected chi connectivity index (χ4v) is 2.63. The summed E-state index contributed by atoms with van der Waals surface area (Å²) in [6, 6.07) is 0. The van der Waals surface area contributed by atoms with E-state index in [0.29, 0.717) is 24.0 Å². The molecule has 2 nitrogen and oxygen atoms in total. The molecule has 12 heavy (non-hydrogen) atoms. The number of Topliss-reactive ketones (excluding diaryl/α,β-unsaturated/α-hetero) is 2. The second kappa shape index (κ2) is 2.18. The average Bonchev–Trinajstić information content (AvgIpc) is 2.58. The van der Waals surface area contributed by atoms with Gasteiger partial charge in [-0.1, -0.05) is 6.92 Å². The highest BCUT2D eigenvalue weighted by Crippen LogP contribution is 2.58. The molecule has 2 saturated carbocycles. The Hall–Kier alpha value is -0.660. The van der Waals surface area contributed by atoms with Gasteiger partial charge in [-0.05, 0) is 25.7 Å². The van der Waals surface area contributed by atoms with Gasteiger partial charge in [0.25, 0.3) is 0 Å². The number of hydrogen-bond donors (Lipinski definition) is 0. The van der Waals surface area contributed by atoms with E-state index < -0.39 is 0 Å². The maximum atomic E-state index is 11.7. The van der Waals surface area contributed by atoms with E-state index in [1.807, 2.05) is 6.92 Å². The zero-order valence-electron chi connectivity index (χ0n) is 7.59. The van der Waals surface area contributed by atoms with E-state index in [0.717, 1.165) is 12.8 Å². The van der Waals surface area contributed by atoms with Crippen LogP contribution in [0.1, 0.15) is 33.1 Å². The molecular formula is C10H14O2. The van der Waals surface area contributed by atoms with Gasteiger partial charge in [0, 0.05) is 17.8 Å². The molecule has 0 unspecified atom stereocenters. The highest BCUT2D eigenvalue weighted by Gasteiger charge is 2.58. The summed E-state index contributed by atoms with van der Waals surface area (Å²) in [5.74, 6) is 1.45. The third kappa shape index (κ3) is 1.01. The Balaban J connectivity index is 2.12. The lowest BCUT2D eigenvalue weighted by Crippen LogP contribution is -2.27. The van der Waals surface area contributed by atoms with Crippen LogP contribution in [-0.2, 0) is 9.59 Å². The first-order valence-corrected chi connectivity index (χ1v) is 4.57. The van der Waals surface area contributed by atoms with Crippen LogP contribution in [0.4, 0.5) is 0 Å². The molecule has 0 aliphatic heterocycles. The molecule has 2 fully saturated rings. The third-order valence-electron chi connectivity index (χ3n) is 3.21. The Morgan fingerprint density at radius 2 is 2.33 bits per heavy atom. The summed E-state index contributed by atoms with van der Waals surface area (Å²) in [6.45, 7) is 3.52. The molecule has 3 atom stereocenters. The first kappa shape index (κ1) is 7.96. The minimum atomic E-state index is -0.292. The van der Waals surface area contributed by atoms with Gasteiger partial charge >= 0.3 is 0 Å². The molecule has 0 aromatic rings. The second-order valence-electron chi connectivity index (χ2n) is 4.61. The predicted octanol–water partition coefficient (Wildman–Crippen LogP) is 1.58. The predicted molar refractivity (Wildman–Crippen MR) is 44.6 cm³/mol.